The molecule has 2 atom stereocenters. The molecule has 0 radical (unpaired) electrons. The smallest absolute Gasteiger partial charge is 0.251 e. The molecule has 0 spiro atoms. The second-order valence-electron chi connectivity index (χ2n) is 10.1. The van der Waals surface area contributed by atoms with Crippen LogP contribution in [-0.2, 0) is 11.4 Å². The Balaban J connectivity index is 1.37. The largest absolute Gasteiger partial charge is 0.489 e. The maximum Gasteiger partial charge on any atom is 0.251 e. The molecule has 1 aliphatic rings. The van der Waals surface area contributed by atoms with Gasteiger partial charge >= 0.3 is 0 Å². The van der Waals surface area contributed by atoms with Crippen LogP contribution in [0, 0.1) is 12.8 Å². The van der Waals surface area contributed by atoms with Crippen LogP contribution in [-0.4, -0.2) is 52.6 Å². The summed E-state index contributed by atoms with van der Waals surface area (Å²) in [6.07, 6.45) is 5.25. The first-order chi connectivity index (χ1) is 18.5. The van der Waals surface area contributed by atoms with E-state index in [1.807, 2.05) is 37.3 Å². The van der Waals surface area contributed by atoms with E-state index in [2.05, 4.69) is 22.1 Å². The molecular formula is C30H38N4O4. The third-order valence-electron chi connectivity index (χ3n) is 7.23. The van der Waals surface area contributed by atoms with E-state index in [0.29, 0.717) is 30.9 Å². The number of pyridine rings is 1. The minimum absolute atomic E-state index is 0.249. The first-order valence-corrected chi connectivity index (χ1v) is 13.5. The number of unbranched alkanes of at least 4 members (excludes halogenated alkanes) is 3. The Bertz CT molecular complexity index is 1230. The molecule has 0 saturated carbocycles. The molecular weight excluding hydrogens is 480 g/mol. The maximum absolute atomic E-state index is 13.1. The predicted molar refractivity (Wildman–Crippen MR) is 147 cm³/mol. The first-order valence-electron chi connectivity index (χ1n) is 13.5. The zero-order chi connectivity index (χ0) is 26.9. The van der Waals surface area contributed by atoms with Crippen molar-refractivity contribution in [1.82, 2.24) is 20.7 Å². The molecule has 8 heteroatoms. The van der Waals surface area contributed by atoms with Gasteiger partial charge in [0, 0.05) is 28.8 Å². The molecule has 0 unspecified atom stereocenters. The molecule has 1 aliphatic heterocycles. The number of fused-ring (bicyclic) bond motifs is 1. The van der Waals surface area contributed by atoms with Crippen LogP contribution in [0.2, 0.25) is 0 Å². The summed E-state index contributed by atoms with van der Waals surface area (Å²) in [6.45, 7) is 6.84. The number of aryl methyl sites for hydroxylation is 1. The summed E-state index contributed by atoms with van der Waals surface area (Å²) >= 11 is 0. The molecule has 4 rings (SSSR count). The molecule has 2 amide bonds. The summed E-state index contributed by atoms with van der Waals surface area (Å²) in [5.41, 5.74) is 5.19. The van der Waals surface area contributed by atoms with Crippen LogP contribution in [0.3, 0.4) is 0 Å². The van der Waals surface area contributed by atoms with E-state index in [1.54, 1.807) is 29.7 Å². The normalized spacial score (nSPS) is 17.8. The van der Waals surface area contributed by atoms with Crippen LogP contribution < -0.4 is 15.5 Å². The van der Waals surface area contributed by atoms with Crippen molar-refractivity contribution in [3.63, 3.8) is 0 Å². The van der Waals surface area contributed by atoms with E-state index in [4.69, 9.17) is 4.74 Å². The first kappa shape index (κ1) is 27.5. The molecule has 3 N–H and O–H groups in total. The number of likely N-dealkylation sites (tertiary alicyclic amines) is 1. The summed E-state index contributed by atoms with van der Waals surface area (Å²) in [7, 11) is 0. The van der Waals surface area contributed by atoms with Gasteiger partial charge in [-0.3, -0.25) is 19.8 Å². The van der Waals surface area contributed by atoms with Gasteiger partial charge in [-0.2, -0.15) is 0 Å². The second kappa shape index (κ2) is 13.3. The van der Waals surface area contributed by atoms with Crippen LogP contribution in [0.5, 0.6) is 5.75 Å². The monoisotopic (exact) mass is 518 g/mol. The van der Waals surface area contributed by atoms with E-state index < -0.39 is 11.8 Å². The van der Waals surface area contributed by atoms with Gasteiger partial charge in [0.2, 0.25) is 5.91 Å². The van der Waals surface area contributed by atoms with Crippen LogP contribution in [0.4, 0.5) is 0 Å². The average Bonchev–Trinajstić information content (AvgIpc) is 2.94. The fourth-order valence-corrected chi connectivity index (χ4v) is 5.16. The fourth-order valence-electron chi connectivity index (χ4n) is 5.16. The van der Waals surface area contributed by atoms with E-state index in [1.165, 1.54) is 19.3 Å². The lowest BCUT2D eigenvalue weighted by Crippen LogP contribution is -2.56. The lowest BCUT2D eigenvalue weighted by atomic mass is 9.90. The molecule has 202 valence electrons. The van der Waals surface area contributed by atoms with E-state index in [-0.39, 0.29) is 11.9 Å². The number of nitrogens with zero attached hydrogens (tertiary/aromatic N) is 2. The highest BCUT2D eigenvalue weighted by Crippen LogP contribution is 2.22. The molecule has 0 aliphatic carbocycles. The van der Waals surface area contributed by atoms with Crippen LogP contribution in [0.1, 0.15) is 60.6 Å². The van der Waals surface area contributed by atoms with Crippen LogP contribution >= 0.6 is 0 Å². The van der Waals surface area contributed by atoms with Gasteiger partial charge in [-0.05, 0) is 69.3 Å². The van der Waals surface area contributed by atoms with Gasteiger partial charge in [0.05, 0.1) is 17.5 Å². The highest BCUT2D eigenvalue weighted by Gasteiger charge is 2.35. The maximum atomic E-state index is 13.1. The Morgan fingerprint density at radius 3 is 2.66 bits per heavy atom. The molecule has 1 saturated heterocycles. The number of carbonyl (C=O) groups is 2. The highest BCUT2D eigenvalue weighted by molar-refractivity contribution is 5.95. The van der Waals surface area contributed by atoms with Gasteiger partial charge in [-0.25, -0.2) is 5.48 Å². The van der Waals surface area contributed by atoms with E-state index >= 15 is 0 Å². The van der Waals surface area contributed by atoms with Crippen molar-refractivity contribution in [1.29, 1.82) is 0 Å². The average molecular weight is 519 g/mol. The fraction of sp³-hybridized carbons (Fsp3) is 0.433. The number of carbonyl (C=O) groups excluding carboxylic acids is 2. The zero-order valence-electron chi connectivity index (χ0n) is 22.3. The van der Waals surface area contributed by atoms with Crippen molar-refractivity contribution >= 4 is 22.7 Å². The number of para-hydroxylation sites is 1. The van der Waals surface area contributed by atoms with Crippen molar-refractivity contribution < 1.29 is 19.5 Å². The molecule has 1 fully saturated rings. The summed E-state index contributed by atoms with van der Waals surface area (Å²) in [6, 6.07) is 16.7. The molecule has 8 nitrogen and oxygen atoms in total. The van der Waals surface area contributed by atoms with Gasteiger partial charge < -0.3 is 15.0 Å². The highest BCUT2D eigenvalue weighted by atomic mass is 16.5. The number of ether oxygens (including phenoxy) is 1. The number of aromatic nitrogens is 1. The molecule has 0 bridgehead atoms. The Morgan fingerprint density at radius 1 is 1.11 bits per heavy atom. The van der Waals surface area contributed by atoms with Gasteiger partial charge in [0.25, 0.3) is 5.91 Å². The summed E-state index contributed by atoms with van der Waals surface area (Å²) in [5, 5.41) is 13.3. The molecule has 2 aromatic carbocycles. The van der Waals surface area contributed by atoms with Crippen molar-refractivity contribution in [2.45, 2.75) is 58.6 Å². The number of nitrogens with one attached hydrogen (secondary N) is 2. The van der Waals surface area contributed by atoms with Gasteiger partial charge in [0.15, 0.2) is 0 Å². The minimum Gasteiger partial charge on any atom is -0.489 e. The third-order valence-corrected chi connectivity index (χ3v) is 7.23. The van der Waals surface area contributed by atoms with Crippen molar-refractivity contribution in [3.8, 4) is 5.75 Å². The summed E-state index contributed by atoms with van der Waals surface area (Å²) in [4.78, 5) is 32.2. The number of rotatable bonds is 11. The van der Waals surface area contributed by atoms with Crippen LogP contribution in [0.15, 0.2) is 54.6 Å². The predicted octanol–water partition coefficient (Wildman–Crippen LogP) is 4.63. The zero-order valence-corrected chi connectivity index (χ0v) is 22.3. The number of benzene rings is 2. The standard InChI is InChI=1S/C30H38N4O4/c1-3-4-5-8-16-34-17-15-26(30(36)33-37)28(19-34)32-29(35)22-11-13-24(14-12-22)38-20-23-18-21(2)31-27-10-7-6-9-25(23)27/h6-7,9-14,18,26,28,37H,3-5,8,15-17,19-20H2,1-2H3,(H,32,35)(H,33,36)/t26-,28+/m0/s1. The molecule has 3 aromatic rings. The third kappa shape index (κ3) is 7.08. The van der Waals surface area contributed by atoms with Gasteiger partial charge in [-0.1, -0.05) is 44.4 Å². The molecule has 1 aromatic heterocycles. The minimum atomic E-state index is -0.475. The number of hydrogen-bond donors (Lipinski definition) is 3. The molecule has 2 heterocycles. The molecule has 38 heavy (non-hydrogen) atoms. The summed E-state index contributed by atoms with van der Waals surface area (Å²) in [5.74, 6) is -0.518. The number of amides is 2. The Labute approximate surface area is 224 Å². The topological polar surface area (TPSA) is 104 Å². The van der Waals surface area contributed by atoms with Crippen LogP contribution in [0.25, 0.3) is 10.9 Å². The van der Waals surface area contributed by atoms with Gasteiger partial charge in [-0.15, -0.1) is 0 Å². The van der Waals surface area contributed by atoms with E-state index in [0.717, 1.165) is 41.7 Å². The van der Waals surface area contributed by atoms with Crippen molar-refractivity contribution in [2.75, 3.05) is 19.6 Å². The second-order valence-corrected chi connectivity index (χ2v) is 10.1. The Hall–Kier alpha value is -3.49. The lowest BCUT2D eigenvalue weighted by molar-refractivity contribution is -0.135. The quantitative estimate of drug-likeness (QED) is 0.194. The van der Waals surface area contributed by atoms with E-state index in [9.17, 15) is 14.8 Å². The van der Waals surface area contributed by atoms with Crippen molar-refractivity contribution in [2.24, 2.45) is 5.92 Å². The Morgan fingerprint density at radius 2 is 1.89 bits per heavy atom. The number of hydrogen-bond acceptors (Lipinski definition) is 6. The van der Waals surface area contributed by atoms with Gasteiger partial charge in [0.1, 0.15) is 12.4 Å². The number of piperidine rings is 1. The van der Waals surface area contributed by atoms with Crippen molar-refractivity contribution in [3.05, 3.63) is 71.4 Å². The Kier molecular flexibility index (Phi) is 9.67. The SMILES string of the molecule is CCCCCCN1CC[C@H](C(=O)NO)[C@H](NC(=O)c2ccc(OCc3cc(C)nc4ccccc34)cc2)C1. The number of hydroxylamine groups is 1. The lowest BCUT2D eigenvalue weighted by Gasteiger charge is -2.37. The summed E-state index contributed by atoms with van der Waals surface area (Å²) < 4.78 is 6.02.